The summed E-state index contributed by atoms with van der Waals surface area (Å²) >= 11 is 12.7. The third-order valence-corrected chi connectivity index (χ3v) is 4.73. The highest BCUT2D eigenvalue weighted by Crippen LogP contribution is 2.26. The number of nitrogens with one attached hydrogen (secondary N) is 2. The Morgan fingerprint density at radius 1 is 1.39 bits per heavy atom. The Kier molecular flexibility index (Phi) is 4.61. The Balaban J connectivity index is 1.87. The van der Waals surface area contributed by atoms with Crippen LogP contribution in [0.5, 0.6) is 0 Å². The fourth-order valence-corrected chi connectivity index (χ4v) is 3.27. The Labute approximate surface area is 146 Å². The molecule has 0 spiro atoms. The van der Waals surface area contributed by atoms with Crippen molar-refractivity contribution in [2.24, 2.45) is 0 Å². The van der Waals surface area contributed by atoms with E-state index in [1.165, 1.54) is 0 Å². The average Bonchev–Trinajstić information content (AvgIpc) is 3.18. The van der Waals surface area contributed by atoms with Gasteiger partial charge in [-0.3, -0.25) is 14.5 Å². The lowest BCUT2D eigenvalue weighted by molar-refractivity contribution is -0.118. The fourth-order valence-electron chi connectivity index (χ4n) is 2.14. The van der Waals surface area contributed by atoms with E-state index in [2.05, 4.69) is 15.5 Å². The van der Waals surface area contributed by atoms with Gasteiger partial charge in [0, 0.05) is 10.7 Å². The molecule has 0 aliphatic heterocycles. The van der Waals surface area contributed by atoms with Gasteiger partial charge in [0.1, 0.15) is 6.04 Å². The lowest BCUT2D eigenvalue weighted by Crippen LogP contribution is -2.24. The number of H-pyrrole nitrogens is 1. The molecular weight excluding hydrogens is 352 g/mol. The number of anilines is 1. The molecule has 3 rings (SSSR count). The molecule has 0 unspecified atom stereocenters. The second kappa shape index (κ2) is 6.66. The van der Waals surface area contributed by atoms with Gasteiger partial charge in [0.15, 0.2) is 10.6 Å². The van der Waals surface area contributed by atoms with E-state index in [1.807, 2.05) is 17.5 Å². The molecule has 8 heteroatoms. The highest BCUT2D eigenvalue weighted by Gasteiger charge is 2.21. The molecule has 3 aromatic rings. The van der Waals surface area contributed by atoms with E-state index in [-0.39, 0.29) is 5.91 Å². The molecule has 0 radical (unpaired) electrons. The molecule has 0 aliphatic rings. The van der Waals surface area contributed by atoms with Gasteiger partial charge >= 0.3 is 0 Å². The first-order valence-electron chi connectivity index (χ1n) is 6.83. The molecule has 1 aromatic carbocycles. The van der Waals surface area contributed by atoms with Gasteiger partial charge < -0.3 is 5.32 Å². The van der Waals surface area contributed by atoms with Gasteiger partial charge in [0.05, 0.1) is 4.88 Å². The molecule has 23 heavy (non-hydrogen) atoms. The van der Waals surface area contributed by atoms with Crippen molar-refractivity contribution in [3.8, 4) is 10.7 Å². The zero-order chi connectivity index (χ0) is 16.4. The first kappa shape index (κ1) is 15.9. The van der Waals surface area contributed by atoms with Crippen molar-refractivity contribution in [3.63, 3.8) is 0 Å². The van der Waals surface area contributed by atoms with Crippen LogP contribution in [0.3, 0.4) is 0 Å². The number of benzene rings is 1. The monoisotopic (exact) mass is 364 g/mol. The number of hydrogen-bond donors (Lipinski definition) is 2. The molecule has 0 bridgehead atoms. The minimum absolute atomic E-state index is 0.178. The topological polar surface area (TPSA) is 62.7 Å². The Bertz CT molecular complexity index is 868. The third kappa shape index (κ3) is 3.36. The molecule has 1 amide bonds. The smallest absolute Gasteiger partial charge is 0.247 e. The molecule has 0 aliphatic carbocycles. The largest absolute Gasteiger partial charge is 0.324 e. The van der Waals surface area contributed by atoms with E-state index in [0.29, 0.717) is 21.3 Å². The maximum atomic E-state index is 12.5. The van der Waals surface area contributed by atoms with Crippen molar-refractivity contribution in [3.05, 3.63) is 51.6 Å². The van der Waals surface area contributed by atoms with Crippen LogP contribution >= 0.6 is 35.2 Å². The van der Waals surface area contributed by atoms with Gasteiger partial charge in [-0.1, -0.05) is 17.7 Å². The van der Waals surface area contributed by atoms with E-state index in [1.54, 1.807) is 47.1 Å². The van der Waals surface area contributed by atoms with Gasteiger partial charge in [-0.05, 0) is 54.9 Å². The molecular formula is C15H13ClN4OS2. The van der Waals surface area contributed by atoms with Gasteiger partial charge in [0.25, 0.3) is 0 Å². The number of aromatic nitrogens is 3. The third-order valence-electron chi connectivity index (χ3n) is 3.32. The quantitative estimate of drug-likeness (QED) is 0.669. The minimum Gasteiger partial charge on any atom is -0.324 e. The second-order valence-corrected chi connectivity index (χ2v) is 6.64. The predicted octanol–water partition coefficient (Wildman–Crippen LogP) is 4.52. The van der Waals surface area contributed by atoms with Crippen LogP contribution in [0.1, 0.15) is 13.0 Å². The van der Waals surface area contributed by atoms with Gasteiger partial charge in [0.2, 0.25) is 5.91 Å². The summed E-state index contributed by atoms with van der Waals surface area (Å²) in [5, 5.41) is 12.4. The molecule has 2 N–H and O–H groups in total. The van der Waals surface area contributed by atoms with Crippen LogP contribution in [0.15, 0.2) is 41.8 Å². The molecule has 2 aromatic heterocycles. The summed E-state index contributed by atoms with van der Waals surface area (Å²) in [5.41, 5.74) is 0.680. The molecule has 5 nitrogen and oxygen atoms in total. The maximum absolute atomic E-state index is 12.5. The fraction of sp³-hybridized carbons (Fsp3) is 0.133. The summed E-state index contributed by atoms with van der Waals surface area (Å²) in [7, 11) is 0. The van der Waals surface area contributed by atoms with Gasteiger partial charge in [-0.25, -0.2) is 0 Å². The number of hydrogen-bond acceptors (Lipinski definition) is 4. The number of nitrogens with zero attached hydrogens (tertiary/aromatic N) is 2. The first-order chi connectivity index (χ1) is 11.1. The maximum Gasteiger partial charge on any atom is 0.247 e. The van der Waals surface area contributed by atoms with Crippen LogP contribution in [0.25, 0.3) is 10.7 Å². The molecule has 118 valence electrons. The van der Waals surface area contributed by atoms with Crippen LogP contribution in [0.2, 0.25) is 5.02 Å². The van der Waals surface area contributed by atoms with E-state index in [4.69, 9.17) is 23.8 Å². The highest BCUT2D eigenvalue weighted by atomic mass is 35.5. The number of carbonyl (C=O) groups excluding carboxylic acids is 1. The van der Waals surface area contributed by atoms with E-state index in [0.717, 1.165) is 4.88 Å². The van der Waals surface area contributed by atoms with Gasteiger partial charge in [-0.2, -0.15) is 5.10 Å². The van der Waals surface area contributed by atoms with Crippen molar-refractivity contribution in [1.29, 1.82) is 0 Å². The standard InChI is InChI=1S/C15H13ClN4OS2/c1-9(14(21)17-11-6-4-10(16)5-7-11)20-13(18-19-15(20)22)12-3-2-8-23-12/h2-9H,1H3,(H,17,21)(H,19,22)/t9-/m0/s1. The zero-order valence-corrected chi connectivity index (χ0v) is 14.5. The highest BCUT2D eigenvalue weighted by molar-refractivity contribution is 7.71. The number of halogens is 1. The average molecular weight is 365 g/mol. The van der Waals surface area contributed by atoms with Crippen molar-refractivity contribution in [1.82, 2.24) is 14.8 Å². The Morgan fingerprint density at radius 2 is 2.13 bits per heavy atom. The minimum atomic E-state index is -0.506. The van der Waals surface area contributed by atoms with Crippen LogP contribution in [0.4, 0.5) is 5.69 Å². The van der Waals surface area contributed by atoms with E-state index < -0.39 is 6.04 Å². The number of carbonyl (C=O) groups is 1. The number of thiophene rings is 1. The molecule has 0 saturated heterocycles. The van der Waals surface area contributed by atoms with Crippen molar-refractivity contribution in [2.45, 2.75) is 13.0 Å². The molecule has 0 fully saturated rings. The zero-order valence-electron chi connectivity index (χ0n) is 12.1. The number of rotatable bonds is 4. The Hall–Kier alpha value is -1.96. The lowest BCUT2D eigenvalue weighted by atomic mass is 10.2. The summed E-state index contributed by atoms with van der Waals surface area (Å²) in [6.07, 6.45) is 0. The summed E-state index contributed by atoms with van der Waals surface area (Å²) in [5.74, 6) is 0.478. The Morgan fingerprint density at radius 3 is 2.78 bits per heavy atom. The van der Waals surface area contributed by atoms with Gasteiger partial charge in [-0.15, -0.1) is 11.3 Å². The summed E-state index contributed by atoms with van der Waals surface area (Å²) in [6, 6.07) is 10.3. The number of amides is 1. The van der Waals surface area contributed by atoms with Crippen LogP contribution in [0, 0.1) is 4.77 Å². The summed E-state index contributed by atoms with van der Waals surface area (Å²) in [4.78, 5) is 13.5. The molecule has 1 atom stereocenters. The first-order valence-corrected chi connectivity index (χ1v) is 8.50. The van der Waals surface area contributed by atoms with Crippen molar-refractivity contribution < 1.29 is 4.79 Å². The lowest BCUT2D eigenvalue weighted by Gasteiger charge is -2.15. The van der Waals surface area contributed by atoms with Crippen LogP contribution in [-0.2, 0) is 4.79 Å². The van der Waals surface area contributed by atoms with Crippen LogP contribution in [-0.4, -0.2) is 20.7 Å². The van der Waals surface area contributed by atoms with E-state index >= 15 is 0 Å². The van der Waals surface area contributed by atoms with E-state index in [9.17, 15) is 4.79 Å². The summed E-state index contributed by atoms with van der Waals surface area (Å²) < 4.78 is 2.12. The van der Waals surface area contributed by atoms with Crippen molar-refractivity contribution in [2.75, 3.05) is 5.32 Å². The SMILES string of the molecule is C[C@@H](C(=O)Nc1ccc(Cl)cc1)n1c(-c2cccs2)n[nH]c1=S. The molecule has 2 heterocycles. The van der Waals surface area contributed by atoms with Crippen molar-refractivity contribution >= 4 is 46.8 Å². The molecule has 0 saturated carbocycles. The number of aromatic amines is 1. The normalized spacial score (nSPS) is 12.1. The predicted molar refractivity (Wildman–Crippen MR) is 95.5 cm³/mol. The summed E-state index contributed by atoms with van der Waals surface area (Å²) in [6.45, 7) is 1.79. The van der Waals surface area contributed by atoms with Crippen LogP contribution < -0.4 is 5.32 Å². The second-order valence-electron chi connectivity index (χ2n) is 4.87.